The van der Waals surface area contributed by atoms with Gasteiger partial charge >= 0.3 is 0 Å². The topological polar surface area (TPSA) is 57.8 Å². The van der Waals surface area contributed by atoms with Crippen LogP contribution < -0.4 is 10.9 Å². The van der Waals surface area contributed by atoms with E-state index in [1.165, 1.54) is 11.6 Å². The van der Waals surface area contributed by atoms with Crippen LogP contribution in [0.15, 0.2) is 41.2 Å². The van der Waals surface area contributed by atoms with Gasteiger partial charge in [-0.1, -0.05) is 51.1 Å². The van der Waals surface area contributed by atoms with E-state index in [0.29, 0.717) is 11.7 Å². The lowest BCUT2D eigenvalue weighted by molar-refractivity contribution is 0.702. The minimum Gasteiger partial charge on any atom is -0.370 e. The fraction of sp³-hybridized carbons (Fsp3) is 0.412. The maximum absolute atomic E-state index is 11.6. The van der Waals surface area contributed by atoms with Crippen molar-refractivity contribution in [3.05, 3.63) is 58.1 Å². The number of hydrogen-bond acceptors (Lipinski definition) is 3. The highest BCUT2D eigenvalue weighted by molar-refractivity contribution is 5.33. The smallest absolute Gasteiger partial charge is 0.252 e. The Hall–Kier alpha value is -2.10. The number of rotatable bonds is 6. The molecule has 0 spiro atoms. The Morgan fingerprint density at radius 1 is 1.19 bits per heavy atom. The standard InChI is InChI=1S/C17H23N3O/c1-12(2)17-19-15(11-16(21)20-17)18-10-9-13(3)14-7-5-4-6-8-14/h4-8,11-13H,9-10H2,1-3H3,(H2,18,19,20,21). The molecule has 0 aliphatic carbocycles. The van der Waals surface area contributed by atoms with Crippen molar-refractivity contribution in [2.24, 2.45) is 0 Å². The fourth-order valence-electron chi connectivity index (χ4n) is 2.21. The highest BCUT2D eigenvalue weighted by Gasteiger charge is 2.07. The van der Waals surface area contributed by atoms with Gasteiger partial charge in [-0.2, -0.15) is 0 Å². The largest absolute Gasteiger partial charge is 0.370 e. The van der Waals surface area contributed by atoms with Crippen LogP contribution in [0.25, 0.3) is 0 Å². The van der Waals surface area contributed by atoms with Gasteiger partial charge in [0.2, 0.25) is 0 Å². The molecule has 1 heterocycles. The quantitative estimate of drug-likeness (QED) is 0.854. The average Bonchev–Trinajstić information content (AvgIpc) is 2.47. The first-order valence-electron chi connectivity index (χ1n) is 7.46. The number of anilines is 1. The van der Waals surface area contributed by atoms with Crippen molar-refractivity contribution in [1.82, 2.24) is 9.97 Å². The summed E-state index contributed by atoms with van der Waals surface area (Å²) in [6, 6.07) is 12.0. The summed E-state index contributed by atoms with van der Waals surface area (Å²) in [5.41, 5.74) is 1.23. The number of benzene rings is 1. The molecule has 1 atom stereocenters. The lowest BCUT2D eigenvalue weighted by atomic mass is 9.98. The van der Waals surface area contributed by atoms with Crippen molar-refractivity contribution >= 4 is 5.82 Å². The van der Waals surface area contributed by atoms with Gasteiger partial charge in [-0.25, -0.2) is 4.98 Å². The van der Waals surface area contributed by atoms with E-state index in [0.717, 1.165) is 18.8 Å². The van der Waals surface area contributed by atoms with Crippen LogP contribution in [0.5, 0.6) is 0 Å². The predicted octanol–water partition coefficient (Wildman–Crippen LogP) is 3.50. The molecule has 0 bridgehead atoms. The zero-order valence-electron chi connectivity index (χ0n) is 12.9. The van der Waals surface area contributed by atoms with Crippen molar-refractivity contribution in [2.75, 3.05) is 11.9 Å². The summed E-state index contributed by atoms with van der Waals surface area (Å²) >= 11 is 0. The second-order valence-corrected chi connectivity index (χ2v) is 5.70. The normalized spacial score (nSPS) is 12.4. The maximum atomic E-state index is 11.6. The first kappa shape index (κ1) is 15.3. The number of H-pyrrole nitrogens is 1. The van der Waals surface area contributed by atoms with Crippen LogP contribution in [0.4, 0.5) is 5.82 Å². The third kappa shape index (κ3) is 4.45. The van der Waals surface area contributed by atoms with E-state index in [2.05, 4.69) is 46.5 Å². The van der Waals surface area contributed by atoms with E-state index in [4.69, 9.17) is 0 Å². The van der Waals surface area contributed by atoms with Gasteiger partial charge in [-0.15, -0.1) is 0 Å². The molecule has 1 aromatic carbocycles. The van der Waals surface area contributed by atoms with Gasteiger partial charge in [-0.05, 0) is 17.9 Å². The molecule has 0 aliphatic rings. The second-order valence-electron chi connectivity index (χ2n) is 5.70. The molecular weight excluding hydrogens is 262 g/mol. The molecule has 0 amide bonds. The van der Waals surface area contributed by atoms with E-state index in [1.54, 1.807) is 0 Å². The molecule has 1 unspecified atom stereocenters. The second kappa shape index (κ2) is 7.07. The van der Waals surface area contributed by atoms with Crippen molar-refractivity contribution in [3.63, 3.8) is 0 Å². The van der Waals surface area contributed by atoms with Gasteiger partial charge in [0.25, 0.3) is 5.56 Å². The third-order valence-corrected chi connectivity index (χ3v) is 3.56. The summed E-state index contributed by atoms with van der Waals surface area (Å²) in [7, 11) is 0. The lowest BCUT2D eigenvalue weighted by Crippen LogP contribution is -2.15. The first-order chi connectivity index (χ1) is 10.1. The molecule has 1 aromatic heterocycles. The SMILES string of the molecule is CC(C)c1nc(NCCC(C)c2ccccc2)cc(=O)[nH]1. The van der Waals surface area contributed by atoms with Crippen LogP contribution in [-0.4, -0.2) is 16.5 Å². The van der Waals surface area contributed by atoms with E-state index in [9.17, 15) is 4.79 Å². The van der Waals surface area contributed by atoms with Gasteiger partial charge in [0.15, 0.2) is 0 Å². The Morgan fingerprint density at radius 3 is 2.57 bits per heavy atom. The van der Waals surface area contributed by atoms with Crippen molar-refractivity contribution < 1.29 is 0 Å². The van der Waals surface area contributed by atoms with Crippen LogP contribution in [0.3, 0.4) is 0 Å². The Balaban J connectivity index is 1.93. The highest BCUT2D eigenvalue weighted by atomic mass is 16.1. The van der Waals surface area contributed by atoms with Crippen molar-refractivity contribution in [3.8, 4) is 0 Å². The minimum atomic E-state index is -0.104. The van der Waals surface area contributed by atoms with E-state index in [1.807, 2.05) is 19.9 Å². The number of aromatic amines is 1. The summed E-state index contributed by atoms with van der Waals surface area (Å²) in [6.07, 6.45) is 0.996. The number of hydrogen-bond donors (Lipinski definition) is 2. The van der Waals surface area contributed by atoms with Gasteiger partial charge in [-0.3, -0.25) is 4.79 Å². The zero-order chi connectivity index (χ0) is 15.2. The van der Waals surface area contributed by atoms with Gasteiger partial charge in [0, 0.05) is 18.5 Å². The van der Waals surface area contributed by atoms with E-state index >= 15 is 0 Å². The summed E-state index contributed by atoms with van der Waals surface area (Å²) in [5, 5.41) is 3.25. The van der Waals surface area contributed by atoms with Gasteiger partial charge < -0.3 is 10.3 Å². The molecule has 4 nitrogen and oxygen atoms in total. The van der Waals surface area contributed by atoms with Gasteiger partial charge in [0.05, 0.1) is 0 Å². The molecule has 2 rings (SSSR count). The Kier molecular flexibility index (Phi) is 5.14. The molecule has 2 aromatic rings. The molecule has 2 N–H and O–H groups in total. The minimum absolute atomic E-state index is 0.104. The molecule has 0 saturated heterocycles. The van der Waals surface area contributed by atoms with Crippen molar-refractivity contribution in [2.45, 2.75) is 39.0 Å². The van der Waals surface area contributed by atoms with Crippen molar-refractivity contribution in [1.29, 1.82) is 0 Å². The zero-order valence-corrected chi connectivity index (χ0v) is 12.9. The average molecular weight is 285 g/mol. The Labute approximate surface area is 125 Å². The predicted molar refractivity (Wildman–Crippen MR) is 86.9 cm³/mol. The molecule has 0 fully saturated rings. The first-order valence-corrected chi connectivity index (χ1v) is 7.46. The van der Waals surface area contributed by atoms with Gasteiger partial charge in [0.1, 0.15) is 11.6 Å². The molecular formula is C17H23N3O. The monoisotopic (exact) mass is 285 g/mol. The molecule has 21 heavy (non-hydrogen) atoms. The lowest BCUT2D eigenvalue weighted by Gasteiger charge is -2.13. The van der Waals surface area contributed by atoms with E-state index < -0.39 is 0 Å². The molecule has 0 saturated carbocycles. The summed E-state index contributed by atoms with van der Waals surface area (Å²) in [4.78, 5) is 18.8. The highest BCUT2D eigenvalue weighted by Crippen LogP contribution is 2.18. The van der Waals surface area contributed by atoms with Crippen LogP contribution in [0, 0.1) is 0 Å². The van der Waals surface area contributed by atoms with Crippen LogP contribution >= 0.6 is 0 Å². The molecule has 4 heteroatoms. The Bertz CT molecular complexity index is 619. The Morgan fingerprint density at radius 2 is 1.90 bits per heavy atom. The fourth-order valence-corrected chi connectivity index (χ4v) is 2.21. The molecule has 0 aliphatic heterocycles. The summed E-state index contributed by atoms with van der Waals surface area (Å²) in [5.74, 6) is 2.07. The number of nitrogens with one attached hydrogen (secondary N) is 2. The maximum Gasteiger partial charge on any atom is 0.252 e. The summed E-state index contributed by atoms with van der Waals surface area (Å²) < 4.78 is 0. The van der Waals surface area contributed by atoms with Crippen LogP contribution in [-0.2, 0) is 0 Å². The molecule has 112 valence electrons. The third-order valence-electron chi connectivity index (χ3n) is 3.56. The number of nitrogens with zero attached hydrogens (tertiary/aromatic N) is 1. The van der Waals surface area contributed by atoms with E-state index in [-0.39, 0.29) is 11.5 Å². The summed E-state index contributed by atoms with van der Waals surface area (Å²) in [6.45, 7) is 7.03. The number of aromatic nitrogens is 2. The van der Waals surface area contributed by atoms with Crippen LogP contribution in [0.2, 0.25) is 0 Å². The molecule has 0 radical (unpaired) electrons. The van der Waals surface area contributed by atoms with Crippen LogP contribution in [0.1, 0.15) is 50.4 Å².